The molecule has 4 heterocycles. The molecule has 8 heteroatoms. The van der Waals surface area contributed by atoms with Crippen LogP contribution in [0.15, 0.2) is 30.7 Å². The molecule has 1 aliphatic rings. The van der Waals surface area contributed by atoms with Crippen molar-refractivity contribution >= 4 is 52.6 Å². The van der Waals surface area contributed by atoms with Crippen molar-refractivity contribution in [3.05, 3.63) is 30.7 Å². The number of likely N-dealkylation sites (tertiary alicyclic amines) is 1. The minimum Gasteiger partial charge on any atom is -0.361 e. The van der Waals surface area contributed by atoms with Gasteiger partial charge < -0.3 is 13.9 Å². The van der Waals surface area contributed by atoms with Gasteiger partial charge in [-0.05, 0) is 35.1 Å². The second kappa shape index (κ2) is 10.0. The van der Waals surface area contributed by atoms with E-state index >= 15 is 0 Å². The fourth-order valence-corrected chi connectivity index (χ4v) is 8.54. The Bertz CT molecular complexity index is 1060. The van der Waals surface area contributed by atoms with Crippen LogP contribution >= 0.6 is 22.6 Å². The van der Waals surface area contributed by atoms with E-state index in [0.29, 0.717) is 19.3 Å². The number of fused-ring (bicyclic) bond motifs is 3. The third-order valence-corrected chi connectivity index (χ3v) is 16.3. The molecule has 6 nitrogen and oxygen atoms in total. The van der Waals surface area contributed by atoms with Gasteiger partial charge in [0.2, 0.25) is 0 Å². The molecule has 3 aromatic rings. The lowest BCUT2D eigenvalue weighted by Gasteiger charge is -2.31. The number of hydrogen-bond donors (Lipinski definition) is 0. The van der Waals surface area contributed by atoms with Gasteiger partial charge in [0.05, 0.1) is 26.2 Å². The predicted molar refractivity (Wildman–Crippen MR) is 137 cm³/mol. The third-order valence-electron chi connectivity index (χ3n) is 6.96. The molecule has 0 bridgehead atoms. The van der Waals surface area contributed by atoms with Gasteiger partial charge in [-0.2, -0.15) is 5.26 Å². The van der Waals surface area contributed by atoms with E-state index < -0.39 is 8.07 Å². The summed E-state index contributed by atoms with van der Waals surface area (Å²) in [6.45, 7) is 8.70. The normalized spacial score (nSPS) is 17.9. The number of halogens is 1. The molecule has 4 rings (SSSR count). The van der Waals surface area contributed by atoms with Crippen LogP contribution < -0.4 is 0 Å². The average molecular weight is 550 g/mol. The topological polar surface area (TPSA) is 59.0 Å². The van der Waals surface area contributed by atoms with Crippen LogP contribution in [-0.2, 0) is 11.5 Å². The van der Waals surface area contributed by atoms with Crippen molar-refractivity contribution in [1.29, 1.82) is 5.26 Å². The van der Waals surface area contributed by atoms with E-state index in [1.165, 1.54) is 32.4 Å². The molecular formula is C23H32IN5OSi. The van der Waals surface area contributed by atoms with Crippen LogP contribution in [-0.4, -0.2) is 57.4 Å². The van der Waals surface area contributed by atoms with Gasteiger partial charge in [0.25, 0.3) is 0 Å². The Kier molecular flexibility index (Phi) is 7.36. The summed E-state index contributed by atoms with van der Waals surface area (Å²) in [6.07, 6.45) is 8.47. The van der Waals surface area contributed by atoms with Crippen LogP contribution in [0.4, 0.5) is 0 Å². The van der Waals surface area contributed by atoms with Gasteiger partial charge in [-0.25, -0.2) is 4.98 Å². The lowest BCUT2D eigenvalue weighted by Crippen LogP contribution is -2.34. The molecular weight excluding hydrogens is 517 g/mol. The van der Waals surface area contributed by atoms with E-state index in [2.05, 4.69) is 80.7 Å². The molecule has 166 valence electrons. The summed E-state index contributed by atoms with van der Waals surface area (Å²) in [4.78, 5) is 7.00. The average Bonchev–Trinajstić information content (AvgIpc) is 3.41. The molecule has 0 saturated carbocycles. The van der Waals surface area contributed by atoms with Gasteiger partial charge in [0, 0.05) is 55.1 Å². The van der Waals surface area contributed by atoms with E-state index in [4.69, 9.17) is 15.0 Å². The minimum absolute atomic E-state index is 0.475. The molecule has 0 radical (unpaired) electrons. The maximum atomic E-state index is 8.96. The number of nitrogens with zero attached hydrogens (tertiary/aromatic N) is 5. The van der Waals surface area contributed by atoms with Crippen molar-refractivity contribution < 1.29 is 4.74 Å². The quantitative estimate of drug-likeness (QED) is 0.121. The zero-order valence-electron chi connectivity index (χ0n) is 18.6. The highest BCUT2D eigenvalue weighted by molar-refractivity contribution is 14.1. The molecule has 0 aliphatic carbocycles. The number of rotatable bonds is 9. The fraction of sp³-hybridized carbons (Fsp3) is 0.565. The van der Waals surface area contributed by atoms with E-state index in [1.807, 2.05) is 6.20 Å². The standard InChI is InChI=1S/C23H32IN5OSi/c1-3-31(2,17-24)15-14-30-18-28-11-7-21-22-19(16-26-23(21)28)4-12-29(22)20-5-9-27(10-6-20)13-8-25/h4,7,11-12,16,20H,3,5-6,9-10,13-15,17-18H2,1-2H3. The maximum Gasteiger partial charge on any atom is 0.143 e. The number of hydrogen-bond acceptors (Lipinski definition) is 4. The van der Waals surface area contributed by atoms with Crippen molar-refractivity contribution in [2.24, 2.45) is 0 Å². The van der Waals surface area contributed by atoms with Gasteiger partial charge in [-0.1, -0.05) is 42.1 Å². The first kappa shape index (κ1) is 22.8. The molecule has 0 aromatic carbocycles. The smallest absolute Gasteiger partial charge is 0.143 e. The Morgan fingerprint density at radius 1 is 1.29 bits per heavy atom. The van der Waals surface area contributed by atoms with E-state index in [0.717, 1.165) is 38.2 Å². The van der Waals surface area contributed by atoms with Crippen LogP contribution in [0, 0.1) is 11.3 Å². The third kappa shape index (κ3) is 4.84. The SMILES string of the molecule is CC[Si](C)(CI)CCOCn1ccc2c1ncc1ccn(C3CCN(CC#N)CC3)c12. The summed E-state index contributed by atoms with van der Waals surface area (Å²) in [6, 6.07) is 9.65. The summed E-state index contributed by atoms with van der Waals surface area (Å²) in [5.74, 6) is 0. The highest BCUT2D eigenvalue weighted by Gasteiger charge is 2.24. The lowest BCUT2D eigenvalue weighted by atomic mass is 10.0. The number of aromatic nitrogens is 3. The Hall–Kier alpha value is -1.41. The Morgan fingerprint density at radius 2 is 2.10 bits per heavy atom. The molecule has 1 atom stereocenters. The number of piperidine rings is 1. The second-order valence-corrected chi connectivity index (χ2v) is 16.4. The number of alkyl halides is 1. The fourth-order valence-electron chi connectivity index (χ4n) is 4.47. The zero-order chi connectivity index (χ0) is 21.8. The van der Waals surface area contributed by atoms with Gasteiger partial charge in [0.1, 0.15) is 12.4 Å². The van der Waals surface area contributed by atoms with Crippen LogP contribution in [0.25, 0.3) is 21.9 Å². The molecule has 31 heavy (non-hydrogen) atoms. The van der Waals surface area contributed by atoms with Crippen LogP contribution in [0.1, 0.15) is 25.8 Å². The molecule has 0 amide bonds. The summed E-state index contributed by atoms with van der Waals surface area (Å²) in [5.41, 5.74) is 2.28. The molecule has 3 aromatic heterocycles. The molecule has 1 unspecified atom stereocenters. The summed E-state index contributed by atoms with van der Waals surface area (Å²) < 4.78 is 11.9. The van der Waals surface area contributed by atoms with E-state index in [-0.39, 0.29) is 0 Å². The molecule has 0 spiro atoms. The number of ether oxygens (including phenoxy) is 1. The highest BCUT2D eigenvalue weighted by Crippen LogP contribution is 2.32. The minimum atomic E-state index is -1.13. The number of nitriles is 1. The second-order valence-electron chi connectivity index (χ2n) is 9.06. The van der Waals surface area contributed by atoms with Crippen molar-refractivity contribution in [3.8, 4) is 6.07 Å². The van der Waals surface area contributed by atoms with Crippen molar-refractivity contribution in [2.75, 3.05) is 30.3 Å². The van der Waals surface area contributed by atoms with Gasteiger partial charge in [-0.3, -0.25) is 4.90 Å². The van der Waals surface area contributed by atoms with E-state index in [1.54, 1.807) is 0 Å². The first-order chi connectivity index (χ1) is 15.1. The monoisotopic (exact) mass is 549 g/mol. The van der Waals surface area contributed by atoms with Gasteiger partial charge >= 0.3 is 0 Å². The zero-order valence-corrected chi connectivity index (χ0v) is 21.7. The van der Waals surface area contributed by atoms with Crippen LogP contribution in [0.3, 0.4) is 0 Å². The van der Waals surface area contributed by atoms with Crippen LogP contribution in [0.5, 0.6) is 0 Å². The largest absolute Gasteiger partial charge is 0.361 e. The summed E-state index contributed by atoms with van der Waals surface area (Å²) >= 11 is 2.55. The molecule has 1 fully saturated rings. The molecule has 1 aliphatic heterocycles. The Balaban J connectivity index is 1.50. The van der Waals surface area contributed by atoms with Crippen molar-refractivity contribution in [3.63, 3.8) is 0 Å². The predicted octanol–water partition coefficient (Wildman–Crippen LogP) is 5.20. The van der Waals surface area contributed by atoms with E-state index in [9.17, 15) is 0 Å². The summed E-state index contributed by atoms with van der Waals surface area (Å²) in [7, 11) is -1.13. The molecule has 1 saturated heterocycles. The molecule has 0 N–H and O–H groups in total. The first-order valence-corrected chi connectivity index (χ1v) is 15.9. The van der Waals surface area contributed by atoms with Gasteiger partial charge in [-0.15, -0.1) is 0 Å². The Labute approximate surface area is 199 Å². The number of pyridine rings is 1. The first-order valence-electron chi connectivity index (χ1n) is 11.3. The Morgan fingerprint density at radius 3 is 2.81 bits per heavy atom. The lowest BCUT2D eigenvalue weighted by molar-refractivity contribution is 0.0898. The summed E-state index contributed by atoms with van der Waals surface area (Å²) in [5, 5.41) is 11.3. The van der Waals surface area contributed by atoms with Gasteiger partial charge in [0.15, 0.2) is 0 Å². The van der Waals surface area contributed by atoms with Crippen molar-refractivity contribution in [1.82, 2.24) is 19.0 Å². The van der Waals surface area contributed by atoms with Crippen LogP contribution in [0.2, 0.25) is 18.6 Å². The van der Waals surface area contributed by atoms with Crippen molar-refractivity contribution in [2.45, 2.75) is 51.2 Å². The highest BCUT2D eigenvalue weighted by atomic mass is 127. The maximum absolute atomic E-state index is 8.96.